The molecule has 9 heteroatoms. The molecule has 0 saturated carbocycles. The zero-order valence-electron chi connectivity index (χ0n) is 22.0. The number of benzene rings is 2. The van der Waals surface area contributed by atoms with Gasteiger partial charge in [-0.25, -0.2) is 0 Å². The molecular formula is C31H29N5O3S. The Balaban J connectivity index is 1.33. The minimum Gasteiger partial charge on any atom is -0.369 e. The summed E-state index contributed by atoms with van der Waals surface area (Å²) in [6.07, 6.45) is 6.14. The smallest absolute Gasteiger partial charge is 0.255 e. The molecule has 2 aliphatic rings. The SMILES string of the molecule is CSc1ccccc1NC(=O)c1ccc(N2C[C@H]3C[C@@H](C2)c2cccc(=O)n2C3)c(NC(=O)c2ccncc2)c1. The van der Waals surface area contributed by atoms with Crippen LogP contribution in [0.25, 0.3) is 0 Å². The van der Waals surface area contributed by atoms with Gasteiger partial charge in [-0.1, -0.05) is 18.2 Å². The van der Waals surface area contributed by atoms with Crippen molar-refractivity contribution >= 4 is 40.6 Å². The van der Waals surface area contributed by atoms with Gasteiger partial charge in [0.05, 0.1) is 17.1 Å². The molecule has 2 aromatic heterocycles. The second-order valence-electron chi connectivity index (χ2n) is 10.2. The van der Waals surface area contributed by atoms with Crippen LogP contribution in [0.5, 0.6) is 0 Å². The zero-order valence-corrected chi connectivity index (χ0v) is 22.9. The van der Waals surface area contributed by atoms with Crippen molar-refractivity contribution in [3.8, 4) is 0 Å². The summed E-state index contributed by atoms with van der Waals surface area (Å²) >= 11 is 1.56. The van der Waals surface area contributed by atoms with E-state index in [4.69, 9.17) is 0 Å². The number of nitrogens with one attached hydrogen (secondary N) is 2. The van der Waals surface area contributed by atoms with Crippen molar-refractivity contribution in [1.29, 1.82) is 0 Å². The summed E-state index contributed by atoms with van der Waals surface area (Å²) in [6.45, 7) is 2.14. The lowest BCUT2D eigenvalue weighted by Gasteiger charge is -2.44. The summed E-state index contributed by atoms with van der Waals surface area (Å²) in [5.41, 5.74) is 4.18. The van der Waals surface area contributed by atoms with Crippen LogP contribution in [-0.2, 0) is 6.54 Å². The van der Waals surface area contributed by atoms with Crippen molar-refractivity contribution < 1.29 is 9.59 Å². The van der Waals surface area contributed by atoms with Crippen molar-refractivity contribution in [2.24, 2.45) is 5.92 Å². The molecule has 4 aromatic rings. The maximum atomic E-state index is 13.3. The standard InChI is InChI=1S/C31H29N5O3S/c1-40-28-7-3-2-5-24(28)33-31(39)22-9-10-27(25(16-22)34-30(38)21-11-13-32-14-12-21)35-17-20-15-23(19-35)26-6-4-8-29(37)36(26)18-20/h2-14,16,20,23H,15,17-19H2,1H3,(H,33,39)(H,34,38)/t20-,23+/m1/s1. The van der Waals surface area contributed by atoms with Gasteiger partial charge in [0.1, 0.15) is 0 Å². The average molecular weight is 552 g/mol. The third-order valence-electron chi connectivity index (χ3n) is 7.63. The van der Waals surface area contributed by atoms with Gasteiger partial charge < -0.3 is 20.1 Å². The Kier molecular flexibility index (Phi) is 7.13. The summed E-state index contributed by atoms with van der Waals surface area (Å²) in [5, 5.41) is 6.06. The van der Waals surface area contributed by atoms with Gasteiger partial charge in [-0.3, -0.25) is 19.4 Å². The van der Waals surface area contributed by atoms with Crippen LogP contribution in [0.15, 0.2) is 94.9 Å². The van der Waals surface area contributed by atoms with Crippen LogP contribution in [-0.4, -0.2) is 40.7 Å². The van der Waals surface area contributed by atoms with E-state index in [1.807, 2.05) is 53.3 Å². The van der Waals surface area contributed by atoms with Crippen molar-refractivity contribution in [3.05, 3.63) is 112 Å². The van der Waals surface area contributed by atoms with Crippen LogP contribution in [0.2, 0.25) is 0 Å². The predicted octanol–water partition coefficient (Wildman–Crippen LogP) is 5.09. The summed E-state index contributed by atoms with van der Waals surface area (Å²) in [5.74, 6) is -0.0170. The highest BCUT2D eigenvalue weighted by Gasteiger charge is 2.35. The van der Waals surface area contributed by atoms with Crippen LogP contribution >= 0.6 is 11.8 Å². The largest absolute Gasteiger partial charge is 0.369 e. The van der Waals surface area contributed by atoms with Gasteiger partial charge in [-0.15, -0.1) is 11.8 Å². The van der Waals surface area contributed by atoms with Gasteiger partial charge in [0, 0.05) is 65.7 Å². The molecule has 2 amide bonds. The Morgan fingerprint density at radius 1 is 0.850 bits per heavy atom. The van der Waals surface area contributed by atoms with E-state index >= 15 is 0 Å². The monoisotopic (exact) mass is 551 g/mol. The third kappa shape index (κ3) is 5.12. The van der Waals surface area contributed by atoms with Crippen LogP contribution in [0, 0.1) is 5.92 Å². The van der Waals surface area contributed by atoms with E-state index in [9.17, 15) is 14.4 Å². The Morgan fingerprint density at radius 3 is 2.45 bits per heavy atom. The van der Waals surface area contributed by atoms with E-state index in [2.05, 4.69) is 20.5 Å². The zero-order chi connectivity index (χ0) is 27.6. The van der Waals surface area contributed by atoms with Crippen LogP contribution < -0.4 is 21.1 Å². The Bertz CT molecular complexity index is 1640. The van der Waals surface area contributed by atoms with Crippen LogP contribution in [0.3, 0.4) is 0 Å². The molecule has 1 saturated heterocycles. The number of hydrogen-bond donors (Lipinski definition) is 2. The number of para-hydroxylation sites is 1. The molecule has 2 aliphatic heterocycles. The highest BCUT2D eigenvalue weighted by molar-refractivity contribution is 7.98. The number of anilines is 3. The Morgan fingerprint density at radius 2 is 1.62 bits per heavy atom. The number of piperidine rings is 1. The predicted molar refractivity (Wildman–Crippen MR) is 159 cm³/mol. The summed E-state index contributed by atoms with van der Waals surface area (Å²) in [7, 11) is 0. The van der Waals surface area contributed by atoms with Crippen molar-refractivity contribution in [2.75, 3.05) is 34.9 Å². The first-order valence-corrected chi connectivity index (χ1v) is 14.5. The number of fused-ring (bicyclic) bond motifs is 4. The number of rotatable bonds is 6. The van der Waals surface area contributed by atoms with Gasteiger partial charge in [-0.05, 0) is 67.1 Å². The molecule has 8 nitrogen and oxygen atoms in total. The maximum Gasteiger partial charge on any atom is 0.255 e. The fourth-order valence-electron chi connectivity index (χ4n) is 5.79. The molecular weight excluding hydrogens is 522 g/mol. The number of carbonyl (C=O) groups excluding carboxylic acids is 2. The molecule has 2 bridgehead atoms. The summed E-state index contributed by atoms with van der Waals surface area (Å²) < 4.78 is 1.90. The average Bonchev–Trinajstić information content (AvgIpc) is 2.98. The van der Waals surface area contributed by atoms with E-state index in [0.29, 0.717) is 35.8 Å². The Hall–Kier alpha value is -4.37. The first kappa shape index (κ1) is 25.9. The molecule has 202 valence electrons. The molecule has 2 atom stereocenters. The fourth-order valence-corrected chi connectivity index (χ4v) is 6.34. The molecule has 0 unspecified atom stereocenters. The van der Waals surface area contributed by atoms with Gasteiger partial charge in [-0.2, -0.15) is 0 Å². The van der Waals surface area contributed by atoms with Gasteiger partial charge in [0.15, 0.2) is 0 Å². The van der Waals surface area contributed by atoms with E-state index in [1.165, 1.54) is 0 Å². The van der Waals surface area contributed by atoms with E-state index < -0.39 is 0 Å². The van der Waals surface area contributed by atoms with Gasteiger partial charge in [0.25, 0.3) is 17.4 Å². The number of hydrogen-bond acceptors (Lipinski definition) is 6. The second kappa shape index (κ2) is 11.0. The topological polar surface area (TPSA) is 96.3 Å². The number of amides is 2. The highest BCUT2D eigenvalue weighted by Crippen LogP contribution is 2.39. The van der Waals surface area contributed by atoms with Gasteiger partial charge in [0.2, 0.25) is 0 Å². The molecule has 2 aromatic carbocycles. The van der Waals surface area contributed by atoms with E-state index in [1.54, 1.807) is 54.5 Å². The normalized spacial score (nSPS) is 17.6. The molecule has 40 heavy (non-hydrogen) atoms. The fraction of sp³-hybridized carbons (Fsp3) is 0.226. The van der Waals surface area contributed by atoms with E-state index in [0.717, 1.165) is 34.9 Å². The maximum absolute atomic E-state index is 13.3. The number of aromatic nitrogens is 2. The molecule has 1 fully saturated rings. The van der Waals surface area contributed by atoms with Crippen LogP contribution in [0.4, 0.5) is 17.1 Å². The quantitative estimate of drug-likeness (QED) is 0.324. The number of nitrogens with zero attached hydrogens (tertiary/aromatic N) is 3. The highest BCUT2D eigenvalue weighted by atomic mass is 32.2. The summed E-state index contributed by atoms with van der Waals surface area (Å²) in [6, 6.07) is 21.9. The number of thioether (sulfide) groups is 1. The van der Waals surface area contributed by atoms with Crippen LogP contribution in [0.1, 0.15) is 38.7 Å². The molecule has 4 heterocycles. The second-order valence-corrected chi connectivity index (χ2v) is 11.0. The molecule has 0 aliphatic carbocycles. The lowest BCUT2D eigenvalue weighted by Crippen LogP contribution is -2.47. The number of pyridine rings is 2. The first-order valence-electron chi connectivity index (χ1n) is 13.2. The minimum absolute atomic E-state index is 0.0457. The lowest BCUT2D eigenvalue weighted by atomic mass is 9.83. The van der Waals surface area contributed by atoms with Crippen molar-refractivity contribution in [3.63, 3.8) is 0 Å². The summed E-state index contributed by atoms with van der Waals surface area (Å²) in [4.78, 5) is 46.3. The molecule has 2 N–H and O–H groups in total. The van der Waals surface area contributed by atoms with E-state index in [-0.39, 0.29) is 23.3 Å². The lowest BCUT2D eigenvalue weighted by molar-refractivity contribution is 0.101. The molecule has 0 radical (unpaired) electrons. The van der Waals surface area contributed by atoms with Crippen molar-refractivity contribution in [2.45, 2.75) is 23.8 Å². The number of carbonyl (C=O) groups is 2. The minimum atomic E-state index is -0.275. The third-order valence-corrected chi connectivity index (χ3v) is 8.42. The molecule has 6 rings (SSSR count). The van der Waals surface area contributed by atoms with Gasteiger partial charge >= 0.3 is 0 Å². The first-order chi connectivity index (χ1) is 19.5. The molecule has 0 spiro atoms. The Labute approximate surface area is 236 Å². The van der Waals surface area contributed by atoms with Crippen molar-refractivity contribution in [1.82, 2.24) is 9.55 Å².